The number of nitrogens with one attached hydrogen (secondary N) is 1. The smallest absolute Gasteiger partial charge is 0.416 e. The largest absolute Gasteiger partial charge is 0.460 e. The van der Waals surface area contributed by atoms with Crippen molar-refractivity contribution in [1.29, 1.82) is 0 Å². The fourth-order valence-corrected chi connectivity index (χ4v) is 2.61. The Balaban J connectivity index is 2.20. The Morgan fingerprint density at radius 2 is 1.92 bits per heavy atom. The SMILES string of the molecule is CCOC(=O)C(=NNc1cccc(C(F)(F)F)c1)N1CCCCCC1. The predicted molar refractivity (Wildman–Crippen MR) is 89.2 cm³/mol. The minimum Gasteiger partial charge on any atom is -0.460 e. The zero-order valence-electron chi connectivity index (χ0n) is 14.1. The van der Waals surface area contributed by atoms with Crippen molar-refractivity contribution in [3.05, 3.63) is 29.8 Å². The van der Waals surface area contributed by atoms with Crippen LogP contribution in [0.15, 0.2) is 29.4 Å². The van der Waals surface area contributed by atoms with E-state index in [1.807, 2.05) is 4.90 Å². The molecule has 0 aliphatic carbocycles. The van der Waals surface area contributed by atoms with Gasteiger partial charge in [0.05, 0.1) is 17.9 Å². The number of alkyl halides is 3. The molecule has 1 aromatic carbocycles. The van der Waals surface area contributed by atoms with E-state index in [0.29, 0.717) is 13.1 Å². The molecule has 1 aromatic rings. The second-order valence-corrected chi connectivity index (χ2v) is 5.75. The number of benzene rings is 1. The van der Waals surface area contributed by atoms with Crippen LogP contribution in [-0.2, 0) is 15.7 Å². The maximum Gasteiger partial charge on any atom is 0.416 e. The molecule has 0 aromatic heterocycles. The normalized spacial score (nSPS) is 16.3. The van der Waals surface area contributed by atoms with Crippen LogP contribution in [0.25, 0.3) is 0 Å². The van der Waals surface area contributed by atoms with Gasteiger partial charge in [0.1, 0.15) is 0 Å². The minimum atomic E-state index is -4.43. The number of likely N-dealkylation sites (tertiary alicyclic amines) is 1. The van der Waals surface area contributed by atoms with Gasteiger partial charge in [-0.05, 0) is 38.0 Å². The van der Waals surface area contributed by atoms with Gasteiger partial charge in [-0.15, -0.1) is 5.10 Å². The van der Waals surface area contributed by atoms with Crippen LogP contribution in [0.3, 0.4) is 0 Å². The van der Waals surface area contributed by atoms with Crippen LogP contribution in [0.2, 0.25) is 0 Å². The number of hydrogen-bond acceptors (Lipinski definition) is 4. The number of halogens is 3. The third-order valence-electron chi connectivity index (χ3n) is 3.84. The molecule has 25 heavy (non-hydrogen) atoms. The Hall–Kier alpha value is -2.25. The van der Waals surface area contributed by atoms with Gasteiger partial charge in [0, 0.05) is 13.1 Å². The van der Waals surface area contributed by atoms with Gasteiger partial charge in [-0.3, -0.25) is 5.43 Å². The van der Waals surface area contributed by atoms with Crippen molar-refractivity contribution in [2.24, 2.45) is 5.10 Å². The third kappa shape index (κ3) is 5.65. The van der Waals surface area contributed by atoms with Crippen molar-refractivity contribution >= 4 is 17.5 Å². The first kappa shape index (κ1) is 19.1. The lowest BCUT2D eigenvalue weighted by atomic mass is 10.2. The molecule has 1 fully saturated rings. The van der Waals surface area contributed by atoms with Crippen LogP contribution < -0.4 is 5.43 Å². The lowest BCUT2D eigenvalue weighted by Crippen LogP contribution is -2.39. The van der Waals surface area contributed by atoms with Gasteiger partial charge >= 0.3 is 12.1 Å². The highest BCUT2D eigenvalue weighted by molar-refractivity contribution is 6.35. The first-order valence-electron chi connectivity index (χ1n) is 8.35. The number of ether oxygens (including phenoxy) is 1. The van der Waals surface area contributed by atoms with Gasteiger partial charge in [0.15, 0.2) is 0 Å². The number of carbonyl (C=O) groups is 1. The zero-order chi connectivity index (χ0) is 18.3. The summed E-state index contributed by atoms with van der Waals surface area (Å²) in [6.07, 6.45) is -0.415. The van der Waals surface area contributed by atoms with Crippen molar-refractivity contribution in [2.45, 2.75) is 38.8 Å². The second kappa shape index (κ2) is 8.73. The fourth-order valence-electron chi connectivity index (χ4n) is 2.61. The summed E-state index contributed by atoms with van der Waals surface area (Å²) in [5.41, 5.74) is 1.94. The Kier molecular flexibility index (Phi) is 6.66. The van der Waals surface area contributed by atoms with Crippen LogP contribution in [0.1, 0.15) is 38.2 Å². The molecule has 0 radical (unpaired) electrons. The molecule has 0 spiro atoms. The van der Waals surface area contributed by atoms with E-state index in [2.05, 4.69) is 10.5 Å². The molecule has 0 amide bonds. The van der Waals surface area contributed by atoms with Crippen molar-refractivity contribution < 1.29 is 22.7 Å². The molecule has 0 atom stereocenters. The summed E-state index contributed by atoms with van der Waals surface area (Å²) in [5, 5.41) is 4.05. The van der Waals surface area contributed by atoms with E-state index in [-0.39, 0.29) is 18.1 Å². The molecule has 138 valence electrons. The molecule has 1 heterocycles. The van der Waals surface area contributed by atoms with Gasteiger partial charge in [-0.2, -0.15) is 13.2 Å². The summed E-state index contributed by atoms with van der Waals surface area (Å²) in [5.74, 6) is -0.481. The van der Waals surface area contributed by atoms with Gasteiger partial charge in [0.2, 0.25) is 5.84 Å². The maximum atomic E-state index is 12.8. The quantitative estimate of drug-likeness (QED) is 0.386. The van der Waals surface area contributed by atoms with E-state index in [0.717, 1.165) is 37.8 Å². The highest BCUT2D eigenvalue weighted by Crippen LogP contribution is 2.30. The number of hydrogen-bond donors (Lipinski definition) is 1. The molecule has 0 bridgehead atoms. The predicted octanol–water partition coefficient (Wildman–Crippen LogP) is 3.87. The fraction of sp³-hybridized carbons (Fsp3) is 0.529. The summed E-state index contributed by atoms with van der Waals surface area (Å²) in [4.78, 5) is 14.0. The van der Waals surface area contributed by atoms with Crippen molar-refractivity contribution in [2.75, 3.05) is 25.1 Å². The van der Waals surface area contributed by atoms with Crippen LogP contribution in [0.5, 0.6) is 0 Å². The Labute approximate surface area is 144 Å². The van der Waals surface area contributed by atoms with Gasteiger partial charge in [-0.25, -0.2) is 4.79 Å². The number of rotatable bonds is 3. The second-order valence-electron chi connectivity index (χ2n) is 5.75. The molecule has 8 heteroatoms. The molecule has 1 aliphatic heterocycles. The van der Waals surface area contributed by atoms with E-state index < -0.39 is 17.7 Å². The van der Waals surface area contributed by atoms with E-state index >= 15 is 0 Å². The van der Waals surface area contributed by atoms with E-state index in [1.54, 1.807) is 6.92 Å². The molecule has 5 nitrogen and oxygen atoms in total. The molecule has 1 aliphatic rings. The van der Waals surface area contributed by atoms with Crippen LogP contribution >= 0.6 is 0 Å². The summed E-state index contributed by atoms with van der Waals surface area (Å²) < 4.78 is 43.4. The first-order chi connectivity index (χ1) is 11.9. The third-order valence-corrected chi connectivity index (χ3v) is 3.84. The maximum absolute atomic E-state index is 12.8. The average Bonchev–Trinajstić information content (AvgIpc) is 2.84. The number of hydrazone groups is 1. The van der Waals surface area contributed by atoms with Crippen LogP contribution in [-0.4, -0.2) is 36.4 Å². The monoisotopic (exact) mass is 357 g/mol. The summed E-state index contributed by atoms with van der Waals surface area (Å²) in [7, 11) is 0. The van der Waals surface area contributed by atoms with Crippen LogP contribution in [0, 0.1) is 0 Å². The lowest BCUT2D eigenvalue weighted by molar-refractivity contribution is -0.137. The molecule has 1 N–H and O–H groups in total. The number of anilines is 1. The molecule has 1 saturated heterocycles. The topological polar surface area (TPSA) is 53.9 Å². The Bertz CT molecular complexity index is 609. The lowest BCUT2D eigenvalue weighted by Gasteiger charge is -2.22. The Morgan fingerprint density at radius 3 is 2.52 bits per heavy atom. The highest BCUT2D eigenvalue weighted by Gasteiger charge is 2.30. The van der Waals surface area contributed by atoms with Gasteiger partial charge in [0.25, 0.3) is 0 Å². The first-order valence-corrected chi connectivity index (χ1v) is 8.35. The van der Waals surface area contributed by atoms with Gasteiger partial charge in [-0.1, -0.05) is 18.9 Å². The number of nitrogens with zero attached hydrogens (tertiary/aromatic N) is 2. The number of esters is 1. The summed E-state index contributed by atoms with van der Waals surface area (Å²) >= 11 is 0. The molecule has 0 saturated carbocycles. The summed E-state index contributed by atoms with van der Waals surface area (Å²) in [6, 6.07) is 4.69. The Morgan fingerprint density at radius 1 is 1.24 bits per heavy atom. The molecular formula is C17H22F3N3O2. The van der Waals surface area contributed by atoms with E-state index in [1.165, 1.54) is 12.1 Å². The molecular weight excluding hydrogens is 335 g/mol. The van der Waals surface area contributed by atoms with Crippen molar-refractivity contribution in [3.8, 4) is 0 Å². The van der Waals surface area contributed by atoms with Crippen LogP contribution in [0.4, 0.5) is 18.9 Å². The minimum absolute atomic E-state index is 0.0983. The van der Waals surface area contributed by atoms with Crippen molar-refractivity contribution in [1.82, 2.24) is 4.90 Å². The van der Waals surface area contributed by atoms with E-state index in [9.17, 15) is 18.0 Å². The summed E-state index contributed by atoms with van der Waals surface area (Å²) in [6.45, 7) is 3.23. The highest BCUT2D eigenvalue weighted by atomic mass is 19.4. The molecule has 2 rings (SSSR count). The average molecular weight is 357 g/mol. The standard InChI is InChI=1S/C17H22F3N3O2/c1-2-25-16(24)15(23-10-5-3-4-6-11-23)22-21-14-9-7-8-13(12-14)17(18,19)20/h7-9,12,21H,2-6,10-11H2,1H3. The van der Waals surface area contributed by atoms with Crippen molar-refractivity contribution in [3.63, 3.8) is 0 Å². The molecule has 0 unspecified atom stereocenters. The number of amidine groups is 1. The zero-order valence-corrected chi connectivity index (χ0v) is 14.1. The van der Waals surface area contributed by atoms with Gasteiger partial charge < -0.3 is 9.64 Å². The number of carbonyl (C=O) groups excluding carboxylic acids is 1. The van der Waals surface area contributed by atoms with E-state index in [4.69, 9.17) is 4.74 Å².